The Bertz CT molecular complexity index is 1170. The van der Waals surface area contributed by atoms with Gasteiger partial charge in [0.1, 0.15) is 18.5 Å². The number of amides is 1. The molecular formula is C24H26BrCl3N4O3. The lowest BCUT2D eigenvalue weighted by Crippen LogP contribution is -2.34. The molecule has 0 atom stereocenters. The molecule has 2 aromatic carbocycles. The Labute approximate surface area is 229 Å². The zero-order chi connectivity index (χ0) is 24.1. The van der Waals surface area contributed by atoms with Crippen LogP contribution in [0.5, 0.6) is 5.75 Å². The predicted molar refractivity (Wildman–Crippen MR) is 144 cm³/mol. The number of rotatable bonds is 7. The first-order valence-electron chi connectivity index (χ1n) is 11.0. The van der Waals surface area contributed by atoms with Gasteiger partial charge in [0.15, 0.2) is 5.82 Å². The second kappa shape index (κ2) is 12.8. The van der Waals surface area contributed by atoms with Crippen LogP contribution in [0.2, 0.25) is 10.0 Å². The van der Waals surface area contributed by atoms with E-state index in [9.17, 15) is 4.79 Å². The zero-order valence-corrected chi connectivity index (χ0v) is 22.9. The number of carbonyl (C=O) groups is 1. The summed E-state index contributed by atoms with van der Waals surface area (Å²) in [5.74, 6) is 1.16. The van der Waals surface area contributed by atoms with E-state index in [1.807, 2.05) is 41.9 Å². The number of carbonyl (C=O) groups excluding carboxylic acids is 1. The monoisotopic (exact) mass is 602 g/mol. The summed E-state index contributed by atoms with van der Waals surface area (Å²) in [4.78, 5) is 12.3. The maximum Gasteiger partial charge on any atom is 0.413 e. The molecule has 0 saturated carbocycles. The molecule has 0 bridgehead atoms. The largest absolute Gasteiger partial charge is 0.488 e. The van der Waals surface area contributed by atoms with Gasteiger partial charge in [0.05, 0.1) is 6.54 Å². The highest BCUT2D eigenvalue weighted by atomic mass is 79.9. The normalized spacial score (nSPS) is 13.7. The molecule has 1 amide bonds. The molecule has 35 heavy (non-hydrogen) atoms. The van der Waals surface area contributed by atoms with Gasteiger partial charge in [-0.2, -0.15) is 5.10 Å². The Morgan fingerprint density at radius 3 is 2.69 bits per heavy atom. The Balaban J connectivity index is 0.00000342. The average Bonchev–Trinajstić information content (AvgIpc) is 3.13. The number of benzene rings is 2. The molecular weight excluding hydrogens is 579 g/mol. The number of aromatic nitrogens is 2. The van der Waals surface area contributed by atoms with Gasteiger partial charge in [-0.15, -0.1) is 12.4 Å². The van der Waals surface area contributed by atoms with Crippen molar-refractivity contribution in [3.05, 3.63) is 73.8 Å². The van der Waals surface area contributed by atoms with Crippen molar-refractivity contribution in [2.75, 3.05) is 18.4 Å². The summed E-state index contributed by atoms with van der Waals surface area (Å²) in [6, 6.07) is 12.9. The van der Waals surface area contributed by atoms with E-state index < -0.39 is 6.09 Å². The Morgan fingerprint density at radius 2 is 1.94 bits per heavy atom. The second-order valence-corrected chi connectivity index (χ2v) is 9.84. The maximum absolute atomic E-state index is 12.3. The van der Waals surface area contributed by atoms with E-state index in [1.54, 1.807) is 12.1 Å². The lowest BCUT2D eigenvalue weighted by Gasteiger charge is -2.22. The number of halogens is 4. The van der Waals surface area contributed by atoms with E-state index in [-0.39, 0.29) is 18.5 Å². The molecule has 1 aliphatic heterocycles. The van der Waals surface area contributed by atoms with Crippen LogP contribution in [-0.2, 0) is 17.9 Å². The first-order chi connectivity index (χ1) is 16.4. The number of ether oxygens (including phenoxy) is 2. The number of piperidine rings is 1. The number of nitrogens with zero attached hydrogens (tertiary/aromatic N) is 2. The first kappa shape index (κ1) is 27.6. The molecule has 4 rings (SSSR count). The number of hydrogen-bond donors (Lipinski definition) is 2. The van der Waals surface area contributed by atoms with Crippen LogP contribution in [-0.4, -0.2) is 35.1 Å². The Morgan fingerprint density at radius 1 is 1.17 bits per heavy atom. The minimum atomic E-state index is -0.483. The first-order valence-corrected chi connectivity index (χ1v) is 12.5. The van der Waals surface area contributed by atoms with Crippen molar-refractivity contribution in [1.82, 2.24) is 15.1 Å². The molecule has 1 fully saturated rings. The van der Waals surface area contributed by atoms with E-state index in [0.717, 1.165) is 47.2 Å². The SMILES string of the molecule is Cc1cc(NC(=O)OC2CCNCC2)nn1Cc1cc(Br)ccc1OCc1ccc(Cl)cc1Cl.Cl. The number of hydrogen-bond acceptors (Lipinski definition) is 5. The van der Waals surface area contributed by atoms with Gasteiger partial charge in [0.25, 0.3) is 0 Å². The molecule has 188 valence electrons. The van der Waals surface area contributed by atoms with E-state index in [1.165, 1.54) is 0 Å². The smallest absolute Gasteiger partial charge is 0.413 e. The van der Waals surface area contributed by atoms with E-state index in [2.05, 4.69) is 31.7 Å². The van der Waals surface area contributed by atoms with Gasteiger partial charge in [0.2, 0.25) is 0 Å². The van der Waals surface area contributed by atoms with Crippen molar-refractivity contribution >= 4 is 63.4 Å². The number of nitrogens with one attached hydrogen (secondary N) is 2. The van der Waals surface area contributed by atoms with Gasteiger partial charge in [0, 0.05) is 37.4 Å². The fourth-order valence-corrected chi connectivity index (χ4v) is 4.57. The van der Waals surface area contributed by atoms with Crippen LogP contribution in [0.4, 0.5) is 10.6 Å². The predicted octanol–water partition coefficient (Wildman–Crippen LogP) is 6.61. The average molecular weight is 605 g/mol. The molecule has 0 radical (unpaired) electrons. The molecule has 11 heteroatoms. The van der Waals surface area contributed by atoms with Crippen LogP contribution in [0.25, 0.3) is 0 Å². The summed E-state index contributed by atoms with van der Waals surface area (Å²) in [5.41, 5.74) is 2.66. The molecule has 2 heterocycles. The molecule has 1 saturated heterocycles. The summed E-state index contributed by atoms with van der Waals surface area (Å²) in [6.07, 6.45) is 1.07. The summed E-state index contributed by atoms with van der Waals surface area (Å²) in [7, 11) is 0. The number of aryl methyl sites for hydroxylation is 1. The highest BCUT2D eigenvalue weighted by molar-refractivity contribution is 9.10. The minimum Gasteiger partial charge on any atom is -0.488 e. The quantitative estimate of drug-likeness (QED) is 0.317. The third-order valence-electron chi connectivity index (χ3n) is 5.51. The molecule has 0 aliphatic carbocycles. The van der Waals surface area contributed by atoms with Crippen LogP contribution < -0.4 is 15.4 Å². The Kier molecular flexibility index (Phi) is 10.1. The van der Waals surface area contributed by atoms with Crippen LogP contribution in [0.1, 0.15) is 29.7 Å². The lowest BCUT2D eigenvalue weighted by molar-refractivity contribution is 0.0908. The molecule has 3 aromatic rings. The third-order valence-corrected chi connectivity index (χ3v) is 6.59. The van der Waals surface area contributed by atoms with Crippen LogP contribution in [0.3, 0.4) is 0 Å². The lowest BCUT2D eigenvalue weighted by atomic mass is 10.1. The highest BCUT2D eigenvalue weighted by Crippen LogP contribution is 2.28. The van der Waals surface area contributed by atoms with Crippen LogP contribution >= 0.6 is 51.5 Å². The summed E-state index contributed by atoms with van der Waals surface area (Å²) in [5, 5.41) is 11.7. The van der Waals surface area contributed by atoms with Gasteiger partial charge in [-0.3, -0.25) is 10.00 Å². The van der Waals surface area contributed by atoms with Gasteiger partial charge >= 0.3 is 6.09 Å². The van der Waals surface area contributed by atoms with Crippen molar-refractivity contribution in [2.45, 2.75) is 39.0 Å². The second-order valence-electron chi connectivity index (χ2n) is 8.08. The van der Waals surface area contributed by atoms with Crippen LogP contribution in [0, 0.1) is 6.92 Å². The van der Waals surface area contributed by atoms with Gasteiger partial charge < -0.3 is 14.8 Å². The number of anilines is 1. The summed E-state index contributed by atoms with van der Waals surface area (Å²) < 4.78 is 14.3. The summed E-state index contributed by atoms with van der Waals surface area (Å²) in [6.45, 7) is 4.40. The van der Waals surface area contributed by atoms with Gasteiger partial charge in [-0.25, -0.2) is 4.79 Å². The molecule has 7 nitrogen and oxygen atoms in total. The highest BCUT2D eigenvalue weighted by Gasteiger charge is 2.18. The fourth-order valence-electron chi connectivity index (χ4n) is 3.70. The van der Waals surface area contributed by atoms with E-state index in [4.69, 9.17) is 32.7 Å². The van der Waals surface area contributed by atoms with Crippen molar-refractivity contribution in [1.29, 1.82) is 0 Å². The standard InChI is InChI=1S/C24H25BrCl2N4O3.ClH/c1-15-10-23(29-24(32)34-20-6-8-28-9-7-20)30-31(15)13-17-11-18(25)3-5-22(17)33-14-16-2-4-19(26)12-21(16)27;/h2-5,10-12,20,28H,6-9,13-14H2,1H3,(H,29,30,32);1H. The van der Waals surface area contributed by atoms with Crippen molar-refractivity contribution < 1.29 is 14.3 Å². The molecule has 0 spiro atoms. The van der Waals surface area contributed by atoms with Crippen LogP contribution in [0.15, 0.2) is 46.9 Å². The van der Waals surface area contributed by atoms with Crippen molar-refractivity contribution in [3.63, 3.8) is 0 Å². The zero-order valence-electron chi connectivity index (χ0n) is 19.0. The Hall–Kier alpha value is -1.97. The van der Waals surface area contributed by atoms with Gasteiger partial charge in [-0.1, -0.05) is 45.2 Å². The minimum absolute atomic E-state index is 0. The summed E-state index contributed by atoms with van der Waals surface area (Å²) >= 11 is 15.8. The van der Waals surface area contributed by atoms with Crippen molar-refractivity contribution in [3.8, 4) is 5.75 Å². The van der Waals surface area contributed by atoms with E-state index in [0.29, 0.717) is 34.8 Å². The topological polar surface area (TPSA) is 77.4 Å². The van der Waals surface area contributed by atoms with Crippen molar-refractivity contribution in [2.24, 2.45) is 0 Å². The molecule has 2 N–H and O–H groups in total. The third kappa shape index (κ3) is 7.75. The molecule has 0 unspecified atom stereocenters. The molecule has 1 aliphatic rings. The molecule has 1 aromatic heterocycles. The fraction of sp³-hybridized carbons (Fsp3) is 0.333. The van der Waals surface area contributed by atoms with E-state index >= 15 is 0 Å². The maximum atomic E-state index is 12.3. The van der Waals surface area contributed by atoms with Gasteiger partial charge in [-0.05, 0) is 63.2 Å².